The monoisotopic (exact) mass is 260 g/mol. The fourth-order valence-corrected chi connectivity index (χ4v) is 1.59. The number of ketones is 1. The molecule has 0 aromatic rings. The number of esters is 1. The second kappa shape index (κ2) is 10.0. The Hall–Kier alpha value is -0.940. The molecule has 18 heavy (non-hydrogen) atoms. The molecule has 0 aliphatic carbocycles. The molecule has 0 bridgehead atoms. The minimum atomic E-state index is -0.971. The van der Waals surface area contributed by atoms with Crippen molar-refractivity contribution in [2.45, 2.75) is 46.8 Å². The van der Waals surface area contributed by atoms with Gasteiger partial charge in [-0.2, -0.15) is 0 Å². The van der Waals surface area contributed by atoms with Crippen LogP contribution >= 0.6 is 0 Å². The average Bonchev–Trinajstić information content (AvgIpc) is 2.35. The molecule has 0 amide bonds. The van der Waals surface area contributed by atoms with Crippen LogP contribution in [0, 0.1) is 5.92 Å². The summed E-state index contributed by atoms with van der Waals surface area (Å²) < 4.78 is 15.4. The average molecular weight is 260 g/mol. The Morgan fingerprint density at radius 1 is 0.944 bits per heavy atom. The minimum Gasteiger partial charge on any atom is -0.465 e. The van der Waals surface area contributed by atoms with Gasteiger partial charge in [0.05, 0.1) is 6.61 Å². The van der Waals surface area contributed by atoms with Gasteiger partial charge in [0, 0.05) is 13.2 Å². The van der Waals surface area contributed by atoms with E-state index in [4.69, 9.17) is 14.2 Å². The maximum atomic E-state index is 12.2. The lowest BCUT2D eigenvalue weighted by Crippen LogP contribution is -2.37. The molecule has 5 heteroatoms. The van der Waals surface area contributed by atoms with Crippen LogP contribution in [0.5, 0.6) is 0 Å². The molecular weight excluding hydrogens is 236 g/mol. The van der Waals surface area contributed by atoms with Crippen LogP contribution in [0.1, 0.15) is 40.5 Å². The van der Waals surface area contributed by atoms with Crippen LogP contribution in [-0.2, 0) is 23.8 Å². The summed E-state index contributed by atoms with van der Waals surface area (Å²) in [6.45, 7) is 8.16. The third kappa shape index (κ3) is 5.60. The van der Waals surface area contributed by atoms with Crippen molar-refractivity contribution >= 4 is 11.8 Å². The predicted molar refractivity (Wildman–Crippen MR) is 67.1 cm³/mol. The predicted octanol–water partition coefficient (Wildman–Crippen LogP) is 1.93. The number of rotatable bonds is 10. The van der Waals surface area contributed by atoms with Gasteiger partial charge in [-0.3, -0.25) is 9.59 Å². The van der Waals surface area contributed by atoms with Gasteiger partial charge in [-0.05, 0) is 27.2 Å². The van der Waals surface area contributed by atoms with E-state index < -0.39 is 18.2 Å². The largest absolute Gasteiger partial charge is 0.465 e. The second-order valence-electron chi connectivity index (χ2n) is 3.74. The zero-order valence-corrected chi connectivity index (χ0v) is 11.7. The van der Waals surface area contributed by atoms with Crippen molar-refractivity contribution < 1.29 is 23.8 Å². The lowest BCUT2D eigenvalue weighted by atomic mass is 9.98. The van der Waals surface area contributed by atoms with E-state index in [0.717, 1.165) is 6.42 Å². The van der Waals surface area contributed by atoms with Gasteiger partial charge in [-0.1, -0.05) is 13.3 Å². The van der Waals surface area contributed by atoms with Crippen molar-refractivity contribution in [3.05, 3.63) is 0 Å². The Labute approximate surface area is 109 Å². The molecule has 0 fully saturated rings. The molecule has 0 aliphatic heterocycles. The fraction of sp³-hybridized carbons (Fsp3) is 0.846. The summed E-state index contributed by atoms with van der Waals surface area (Å²) in [5.41, 5.74) is 0. The summed E-state index contributed by atoms with van der Waals surface area (Å²) in [5, 5.41) is 0. The van der Waals surface area contributed by atoms with Gasteiger partial charge in [0.25, 0.3) is 0 Å². The van der Waals surface area contributed by atoms with E-state index in [-0.39, 0.29) is 12.4 Å². The zero-order valence-electron chi connectivity index (χ0n) is 11.7. The summed E-state index contributed by atoms with van der Waals surface area (Å²) in [6.07, 6.45) is 0.204. The Bertz CT molecular complexity index is 246. The maximum Gasteiger partial charge on any atom is 0.316 e. The Kier molecular flexibility index (Phi) is 9.50. The molecule has 0 saturated heterocycles. The van der Waals surface area contributed by atoms with Crippen LogP contribution in [0.15, 0.2) is 0 Å². The number of hydrogen-bond donors (Lipinski definition) is 0. The molecule has 1 atom stereocenters. The lowest BCUT2D eigenvalue weighted by Gasteiger charge is -2.20. The number of hydrogen-bond acceptors (Lipinski definition) is 5. The van der Waals surface area contributed by atoms with Gasteiger partial charge in [0.2, 0.25) is 12.1 Å². The normalized spacial score (nSPS) is 12.5. The number of carbonyl (C=O) groups excluding carboxylic acids is 2. The first-order valence-corrected chi connectivity index (χ1v) is 6.55. The highest BCUT2D eigenvalue weighted by molar-refractivity contribution is 6.00. The van der Waals surface area contributed by atoms with Gasteiger partial charge in [-0.25, -0.2) is 0 Å². The SMILES string of the molecule is CCC[C@H](C(=O)OCC)C(=O)C(OCC)OCC. The summed E-state index contributed by atoms with van der Waals surface area (Å²) in [5.74, 6) is -1.63. The Morgan fingerprint density at radius 3 is 1.89 bits per heavy atom. The van der Waals surface area contributed by atoms with Crippen molar-refractivity contribution in [1.82, 2.24) is 0 Å². The molecule has 0 aliphatic rings. The second-order valence-corrected chi connectivity index (χ2v) is 3.74. The highest BCUT2D eigenvalue weighted by Gasteiger charge is 2.33. The molecule has 0 heterocycles. The molecule has 0 N–H and O–H groups in total. The van der Waals surface area contributed by atoms with E-state index >= 15 is 0 Å². The minimum absolute atomic E-state index is 0.264. The first kappa shape index (κ1) is 17.1. The highest BCUT2D eigenvalue weighted by atomic mass is 16.7. The van der Waals surface area contributed by atoms with Crippen molar-refractivity contribution in [3.8, 4) is 0 Å². The fourth-order valence-electron chi connectivity index (χ4n) is 1.59. The Morgan fingerprint density at radius 2 is 1.50 bits per heavy atom. The number of carbonyl (C=O) groups is 2. The van der Waals surface area contributed by atoms with E-state index in [2.05, 4.69) is 0 Å². The van der Waals surface area contributed by atoms with E-state index in [1.165, 1.54) is 0 Å². The van der Waals surface area contributed by atoms with E-state index in [1.54, 1.807) is 20.8 Å². The number of ether oxygens (including phenoxy) is 3. The van der Waals surface area contributed by atoms with Crippen molar-refractivity contribution in [2.24, 2.45) is 5.92 Å². The Balaban J connectivity index is 4.73. The molecule has 5 nitrogen and oxygen atoms in total. The van der Waals surface area contributed by atoms with E-state index in [0.29, 0.717) is 19.6 Å². The van der Waals surface area contributed by atoms with Crippen molar-refractivity contribution in [1.29, 1.82) is 0 Å². The third-order valence-electron chi connectivity index (χ3n) is 2.36. The molecular formula is C13H24O5. The summed E-state index contributed by atoms with van der Waals surface area (Å²) in [4.78, 5) is 23.9. The van der Waals surface area contributed by atoms with Crippen LogP contribution in [0.3, 0.4) is 0 Å². The van der Waals surface area contributed by atoms with Gasteiger partial charge in [0.1, 0.15) is 5.92 Å². The molecule has 0 radical (unpaired) electrons. The van der Waals surface area contributed by atoms with Crippen LogP contribution in [-0.4, -0.2) is 37.9 Å². The summed E-state index contributed by atoms with van der Waals surface area (Å²) in [6, 6.07) is 0. The van der Waals surface area contributed by atoms with Crippen LogP contribution in [0.25, 0.3) is 0 Å². The topological polar surface area (TPSA) is 61.8 Å². The van der Waals surface area contributed by atoms with Gasteiger partial charge in [0.15, 0.2) is 0 Å². The molecule has 0 aromatic carbocycles. The number of Topliss-reactive ketones (excluding diaryl/α,β-unsaturated/α-hetero) is 1. The van der Waals surface area contributed by atoms with Crippen molar-refractivity contribution in [2.75, 3.05) is 19.8 Å². The molecule has 0 saturated carbocycles. The quantitative estimate of drug-likeness (QED) is 0.341. The molecule has 0 rings (SSSR count). The van der Waals surface area contributed by atoms with Gasteiger partial charge in [-0.15, -0.1) is 0 Å². The van der Waals surface area contributed by atoms with Gasteiger partial charge < -0.3 is 14.2 Å². The van der Waals surface area contributed by atoms with E-state index in [9.17, 15) is 9.59 Å². The van der Waals surface area contributed by atoms with Crippen LogP contribution in [0.2, 0.25) is 0 Å². The zero-order chi connectivity index (χ0) is 14.0. The summed E-state index contributed by atoms with van der Waals surface area (Å²) >= 11 is 0. The third-order valence-corrected chi connectivity index (χ3v) is 2.36. The van der Waals surface area contributed by atoms with Crippen molar-refractivity contribution in [3.63, 3.8) is 0 Å². The smallest absolute Gasteiger partial charge is 0.316 e. The first-order chi connectivity index (χ1) is 8.62. The summed E-state index contributed by atoms with van der Waals surface area (Å²) in [7, 11) is 0. The molecule has 0 aromatic heterocycles. The molecule has 106 valence electrons. The first-order valence-electron chi connectivity index (χ1n) is 6.55. The lowest BCUT2D eigenvalue weighted by molar-refractivity contribution is -0.177. The van der Waals surface area contributed by atoms with Crippen LogP contribution < -0.4 is 0 Å². The molecule has 0 unspecified atom stereocenters. The highest BCUT2D eigenvalue weighted by Crippen LogP contribution is 2.15. The van der Waals surface area contributed by atoms with E-state index in [1.807, 2.05) is 6.92 Å². The van der Waals surface area contributed by atoms with Gasteiger partial charge >= 0.3 is 5.97 Å². The molecule has 0 spiro atoms. The van der Waals surface area contributed by atoms with Crippen LogP contribution in [0.4, 0.5) is 0 Å². The standard InChI is InChI=1S/C13H24O5/c1-5-9-10(12(15)16-6-2)11(14)13(17-7-3)18-8-4/h10,13H,5-9H2,1-4H3/t10-/m0/s1. The maximum absolute atomic E-state index is 12.2.